The Morgan fingerprint density at radius 2 is 1.28 bits per heavy atom. The topological polar surface area (TPSA) is 37.3 Å². The molecule has 0 amide bonds. The smallest absolute Gasteiger partial charge is 1.00 e. The van der Waals surface area contributed by atoms with Crippen molar-refractivity contribution in [3.05, 3.63) is 68.7 Å². The molecule has 0 saturated heterocycles. The van der Waals surface area contributed by atoms with Gasteiger partial charge < -0.3 is 7.96 Å². The second-order valence-electron chi connectivity index (χ2n) is 9.12. The van der Waals surface area contributed by atoms with E-state index in [1.807, 2.05) is 6.07 Å². The normalized spacial score (nSPS) is 17.1. The minimum absolute atomic E-state index is 0. The van der Waals surface area contributed by atoms with Crippen LogP contribution in [0.3, 0.4) is 0 Å². The van der Waals surface area contributed by atoms with E-state index in [1.54, 1.807) is 0 Å². The largest absolute Gasteiger partial charge is 2.00 e. The first-order chi connectivity index (χ1) is 14.7. The minimum atomic E-state index is -0.547. The molecule has 0 atom stereocenters. The van der Waals surface area contributed by atoms with Crippen LogP contribution in [0.25, 0.3) is 0 Å². The number of rotatable bonds is 1. The maximum Gasteiger partial charge on any atom is 2.00 e. The van der Waals surface area contributed by atoms with Crippen molar-refractivity contribution in [2.75, 3.05) is 0 Å². The van der Waals surface area contributed by atoms with E-state index in [0.29, 0.717) is 5.78 Å². The van der Waals surface area contributed by atoms with Gasteiger partial charge in [0.2, 0.25) is 0 Å². The van der Waals surface area contributed by atoms with Crippen molar-refractivity contribution in [2.45, 2.75) is 97.5 Å². The van der Waals surface area contributed by atoms with Gasteiger partial charge in [0.25, 0.3) is 0 Å². The molecule has 2 aromatic rings. The van der Waals surface area contributed by atoms with Gasteiger partial charge in [0.05, 0.1) is 5.60 Å². The van der Waals surface area contributed by atoms with Crippen LogP contribution in [0.2, 0.25) is 0 Å². The van der Waals surface area contributed by atoms with Gasteiger partial charge in [0.1, 0.15) is 5.78 Å². The number of halogens is 1. The molecule has 0 bridgehead atoms. The Labute approximate surface area is 222 Å². The van der Waals surface area contributed by atoms with E-state index in [4.69, 9.17) is 0 Å². The Morgan fingerprint density at radius 3 is 1.75 bits per heavy atom. The van der Waals surface area contributed by atoms with Crippen LogP contribution in [0, 0.1) is 27.7 Å². The molecule has 2 nitrogen and oxygen atoms in total. The van der Waals surface area contributed by atoms with Gasteiger partial charge in [-0.2, -0.15) is 0 Å². The summed E-state index contributed by atoms with van der Waals surface area (Å²) in [5, 5.41) is 10.6. The first-order valence-corrected chi connectivity index (χ1v) is 12.6. The van der Waals surface area contributed by atoms with Gasteiger partial charge in [-0.1, -0.05) is 71.9 Å². The van der Waals surface area contributed by atoms with Gasteiger partial charge in [-0.15, -0.1) is 0 Å². The fraction of sp³-hybridized carbons (Fsp3) is 0.536. The third-order valence-electron chi connectivity index (χ3n) is 6.74. The summed E-state index contributed by atoms with van der Waals surface area (Å²) in [5.74, 6) is 0.464. The zero-order chi connectivity index (χ0) is 22.9. The minimum Gasteiger partial charge on any atom is -1.00 e. The maximum absolute atomic E-state index is 10.6. The van der Waals surface area contributed by atoms with Crippen molar-refractivity contribution in [3.8, 4) is 0 Å². The summed E-state index contributed by atoms with van der Waals surface area (Å²) in [6.07, 6.45) is 10.7. The van der Waals surface area contributed by atoms with Crippen LogP contribution in [-0.4, -0.2) is 33.9 Å². The Kier molecular flexibility index (Phi) is 13.3. The molecule has 2 aromatic carbocycles. The maximum atomic E-state index is 10.6. The number of carbonyl (C=O) groups excluding carboxylic acids is 1. The van der Waals surface area contributed by atoms with Gasteiger partial charge in [-0.3, -0.25) is 4.79 Å². The number of carbonyl (C=O) groups is 1. The Balaban J connectivity index is 0. The number of aliphatic hydroxyl groups is 1. The number of benzene rings is 2. The molecule has 2 fully saturated rings. The van der Waals surface area contributed by atoms with Crippen LogP contribution in [0.1, 0.15) is 94.9 Å². The molecule has 0 unspecified atom stereocenters. The van der Waals surface area contributed by atoms with Gasteiger partial charge in [0.15, 0.2) is 0 Å². The number of Topliss-reactive ketones (excluding diaryl/α,β-unsaturated/α-hetero) is 1. The molecule has 0 aliphatic heterocycles. The molecule has 0 radical (unpaired) electrons. The van der Waals surface area contributed by atoms with Crippen molar-refractivity contribution >= 4 is 44.8 Å². The van der Waals surface area contributed by atoms with E-state index in [0.717, 1.165) is 56.9 Å². The summed E-state index contributed by atoms with van der Waals surface area (Å²) in [4.78, 5) is 10.5. The molecule has 0 aromatic heterocycles. The van der Waals surface area contributed by atoms with Crippen molar-refractivity contribution in [3.63, 3.8) is 0 Å². The number of hydrogen-bond acceptors (Lipinski definition) is 2. The quantitative estimate of drug-likeness (QED) is 0.394. The Bertz CT molecular complexity index is 839. The first-order valence-electron chi connectivity index (χ1n) is 11.8. The van der Waals surface area contributed by atoms with Crippen molar-refractivity contribution in [2.24, 2.45) is 0 Å². The molecule has 2 aliphatic rings. The average Bonchev–Trinajstić information content (AvgIpc) is 2.76. The van der Waals surface area contributed by atoms with Crippen LogP contribution < -0.4 is 0 Å². The predicted molar refractivity (Wildman–Crippen MR) is 143 cm³/mol. The monoisotopic (exact) mass is 512 g/mol. The number of hydrogen-bond donors (Lipinski definition) is 1. The van der Waals surface area contributed by atoms with Crippen LogP contribution in [0.5, 0.6) is 0 Å². The third kappa shape index (κ3) is 8.93. The predicted octanol–water partition coefficient (Wildman–Crippen LogP) is 7.88. The second kappa shape index (κ2) is 14.6. The standard InChI is InChI=1S/C14H20O.C8H9Br.C6H10O.Mg.2H/c1-11-7-6-8-13(12(11)2)14(15)9-4-3-5-10-14;1-6-4-3-5-8(9)7(6)2;7-6-4-2-1-3-5-6;;;/h6-8,15H,3-5,9-10H2,1-2H3;3-5H,1-2H3;1-5H2;;;/q;;;+2;2*-1. The summed E-state index contributed by atoms with van der Waals surface area (Å²) in [5.41, 5.74) is 5.83. The first kappa shape index (κ1) is 29.3. The molecule has 4 heteroatoms. The number of aryl methyl sites for hydroxylation is 2. The fourth-order valence-corrected chi connectivity index (χ4v) is 4.79. The van der Waals surface area contributed by atoms with Crippen LogP contribution in [-0.2, 0) is 10.4 Å². The summed E-state index contributed by atoms with van der Waals surface area (Å²) >= 11 is 3.45. The summed E-state index contributed by atoms with van der Waals surface area (Å²) in [6.45, 7) is 8.46. The fourth-order valence-electron chi connectivity index (χ4n) is 4.32. The van der Waals surface area contributed by atoms with E-state index in [-0.39, 0.29) is 25.9 Å². The van der Waals surface area contributed by atoms with E-state index >= 15 is 0 Å². The van der Waals surface area contributed by atoms with E-state index in [2.05, 4.69) is 74.0 Å². The van der Waals surface area contributed by atoms with Crippen LogP contribution in [0.15, 0.2) is 40.9 Å². The molecule has 1 N–H and O–H groups in total. The van der Waals surface area contributed by atoms with Gasteiger partial charge in [0, 0.05) is 17.3 Å². The Hall–Kier alpha value is -0.684. The summed E-state index contributed by atoms with van der Waals surface area (Å²) in [7, 11) is 0. The van der Waals surface area contributed by atoms with E-state index in [9.17, 15) is 9.90 Å². The van der Waals surface area contributed by atoms with Crippen molar-refractivity contribution in [1.82, 2.24) is 0 Å². The zero-order valence-corrected chi connectivity index (χ0v) is 23.5. The van der Waals surface area contributed by atoms with Gasteiger partial charge in [-0.25, -0.2) is 0 Å². The van der Waals surface area contributed by atoms with Crippen molar-refractivity contribution < 1.29 is 12.8 Å². The summed E-state index contributed by atoms with van der Waals surface area (Å²) in [6, 6.07) is 12.5. The molecule has 174 valence electrons. The number of ketones is 1. The molecule has 4 rings (SSSR count). The molecule has 0 spiro atoms. The Morgan fingerprint density at radius 1 is 0.781 bits per heavy atom. The van der Waals surface area contributed by atoms with E-state index < -0.39 is 5.60 Å². The SMILES string of the molecule is Cc1cccc(Br)c1C.Cc1cccc(C2(O)CCCCC2)c1C.O=C1CCCCC1.[H-].[H-].[Mg+2]. The molecule has 0 heterocycles. The molecular formula is C28H41BrMgO2. The second-order valence-corrected chi connectivity index (χ2v) is 9.98. The summed E-state index contributed by atoms with van der Waals surface area (Å²) < 4.78 is 1.20. The van der Waals surface area contributed by atoms with Crippen molar-refractivity contribution in [1.29, 1.82) is 0 Å². The van der Waals surface area contributed by atoms with Gasteiger partial charge in [-0.05, 0) is 87.3 Å². The molecule has 32 heavy (non-hydrogen) atoms. The molecule has 2 saturated carbocycles. The van der Waals surface area contributed by atoms with Crippen LogP contribution in [0.4, 0.5) is 0 Å². The average molecular weight is 514 g/mol. The van der Waals surface area contributed by atoms with Crippen LogP contribution >= 0.6 is 15.9 Å². The molecular weight excluding hydrogens is 473 g/mol. The van der Waals surface area contributed by atoms with Gasteiger partial charge >= 0.3 is 23.1 Å². The van der Waals surface area contributed by atoms with E-state index in [1.165, 1.54) is 39.6 Å². The third-order valence-corrected chi connectivity index (χ3v) is 7.60. The molecule has 2 aliphatic carbocycles. The zero-order valence-electron chi connectivity index (χ0n) is 22.5.